The summed E-state index contributed by atoms with van der Waals surface area (Å²) in [6.45, 7) is 0. The number of halogens is 2. The SMILES string of the molecule is Cl[C@@H]1CCCC[C@H]1Cl. The molecular weight excluding hydrogens is 143 g/mol. The summed E-state index contributed by atoms with van der Waals surface area (Å²) in [5.74, 6) is 0. The van der Waals surface area contributed by atoms with E-state index in [0.717, 1.165) is 12.8 Å². The van der Waals surface area contributed by atoms with Crippen molar-refractivity contribution >= 4 is 23.2 Å². The van der Waals surface area contributed by atoms with Crippen molar-refractivity contribution in [2.45, 2.75) is 36.4 Å². The quantitative estimate of drug-likeness (QED) is 0.469. The highest BCUT2D eigenvalue weighted by Gasteiger charge is 2.19. The fraction of sp³-hybridized carbons (Fsp3) is 1.00. The minimum Gasteiger partial charge on any atom is -0.121 e. The first-order valence-corrected chi connectivity index (χ1v) is 3.96. The molecule has 0 nitrogen and oxygen atoms in total. The van der Waals surface area contributed by atoms with Gasteiger partial charge in [0.2, 0.25) is 0 Å². The number of hydrogen-bond acceptors (Lipinski definition) is 0. The van der Waals surface area contributed by atoms with E-state index in [1.165, 1.54) is 12.8 Å². The van der Waals surface area contributed by atoms with Crippen LogP contribution in [0, 0.1) is 0 Å². The Morgan fingerprint density at radius 3 is 1.50 bits per heavy atom. The van der Waals surface area contributed by atoms with Crippen molar-refractivity contribution in [2.75, 3.05) is 0 Å². The Morgan fingerprint density at radius 2 is 1.25 bits per heavy atom. The van der Waals surface area contributed by atoms with E-state index in [9.17, 15) is 0 Å². The predicted molar refractivity (Wildman–Crippen MR) is 37.8 cm³/mol. The average Bonchev–Trinajstić information content (AvgIpc) is 1.77. The summed E-state index contributed by atoms with van der Waals surface area (Å²) < 4.78 is 0. The van der Waals surface area contributed by atoms with Crippen LogP contribution in [0.15, 0.2) is 0 Å². The fourth-order valence-corrected chi connectivity index (χ4v) is 1.60. The zero-order valence-electron chi connectivity index (χ0n) is 4.74. The van der Waals surface area contributed by atoms with E-state index in [-0.39, 0.29) is 10.8 Å². The molecule has 0 aliphatic heterocycles. The molecule has 1 saturated carbocycles. The van der Waals surface area contributed by atoms with Crippen molar-refractivity contribution in [1.82, 2.24) is 0 Å². The topological polar surface area (TPSA) is 0 Å². The first-order chi connectivity index (χ1) is 3.80. The van der Waals surface area contributed by atoms with Crippen LogP contribution in [0.25, 0.3) is 0 Å². The van der Waals surface area contributed by atoms with Crippen molar-refractivity contribution in [3.05, 3.63) is 0 Å². The maximum absolute atomic E-state index is 5.84. The van der Waals surface area contributed by atoms with Gasteiger partial charge in [-0.05, 0) is 12.8 Å². The Bertz CT molecular complexity index is 62.9. The molecule has 0 unspecified atom stereocenters. The van der Waals surface area contributed by atoms with Gasteiger partial charge >= 0.3 is 0 Å². The lowest BCUT2D eigenvalue weighted by atomic mass is 10.00. The normalized spacial score (nSPS) is 39.8. The van der Waals surface area contributed by atoms with Gasteiger partial charge in [0.1, 0.15) is 0 Å². The maximum atomic E-state index is 5.84. The van der Waals surface area contributed by atoms with Crippen molar-refractivity contribution in [2.24, 2.45) is 0 Å². The lowest BCUT2D eigenvalue weighted by Crippen LogP contribution is -2.19. The minimum absolute atomic E-state index is 0.241. The predicted octanol–water partition coefficient (Wildman–Crippen LogP) is 2.78. The molecule has 1 aliphatic rings. The molecule has 1 fully saturated rings. The molecule has 0 saturated heterocycles. The Morgan fingerprint density at radius 1 is 0.875 bits per heavy atom. The zero-order chi connectivity index (χ0) is 5.98. The summed E-state index contributed by atoms with van der Waals surface area (Å²) in [6, 6.07) is 0. The smallest absolute Gasteiger partial charge is 0.0499 e. The van der Waals surface area contributed by atoms with Gasteiger partial charge in [-0.2, -0.15) is 0 Å². The highest BCUT2D eigenvalue weighted by atomic mass is 35.5. The molecule has 0 N–H and O–H groups in total. The molecule has 0 aromatic heterocycles. The summed E-state index contributed by atoms with van der Waals surface area (Å²) in [5.41, 5.74) is 0. The van der Waals surface area contributed by atoms with Crippen LogP contribution in [0.3, 0.4) is 0 Å². The van der Waals surface area contributed by atoms with Crippen LogP contribution < -0.4 is 0 Å². The van der Waals surface area contributed by atoms with Crippen molar-refractivity contribution < 1.29 is 0 Å². The van der Waals surface area contributed by atoms with Gasteiger partial charge in [0.25, 0.3) is 0 Å². The van der Waals surface area contributed by atoms with Gasteiger partial charge in [-0.15, -0.1) is 23.2 Å². The molecule has 0 spiro atoms. The van der Waals surface area contributed by atoms with Crippen LogP contribution in [0.4, 0.5) is 0 Å². The van der Waals surface area contributed by atoms with Crippen LogP contribution in [0.5, 0.6) is 0 Å². The molecule has 0 heterocycles. The molecule has 2 heteroatoms. The second-order valence-electron chi connectivity index (χ2n) is 2.32. The number of alkyl halides is 2. The van der Waals surface area contributed by atoms with Gasteiger partial charge in [0, 0.05) is 10.8 Å². The Balaban J connectivity index is 2.28. The molecule has 0 bridgehead atoms. The van der Waals surface area contributed by atoms with Crippen molar-refractivity contribution in [3.63, 3.8) is 0 Å². The van der Waals surface area contributed by atoms with Crippen LogP contribution in [0.1, 0.15) is 25.7 Å². The third kappa shape index (κ3) is 1.53. The van der Waals surface area contributed by atoms with E-state index in [2.05, 4.69) is 0 Å². The highest BCUT2D eigenvalue weighted by molar-refractivity contribution is 6.30. The molecular formula is C6H10Cl2. The lowest BCUT2D eigenvalue weighted by Gasteiger charge is -2.20. The van der Waals surface area contributed by atoms with E-state index >= 15 is 0 Å². The van der Waals surface area contributed by atoms with E-state index in [1.807, 2.05) is 0 Å². The van der Waals surface area contributed by atoms with E-state index in [0.29, 0.717) is 0 Å². The van der Waals surface area contributed by atoms with Crippen LogP contribution in [0.2, 0.25) is 0 Å². The first-order valence-electron chi connectivity index (χ1n) is 3.09. The third-order valence-electron chi connectivity index (χ3n) is 1.60. The molecule has 8 heavy (non-hydrogen) atoms. The van der Waals surface area contributed by atoms with Crippen LogP contribution in [-0.4, -0.2) is 10.8 Å². The third-order valence-corrected chi connectivity index (χ3v) is 2.78. The molecule has 48 valence electrons. The second-order valence-corrected chi connectivity index (χ2v) is 3.44. The summed E-state index contributed by atoms with van der Waals surface area (Å²) in [7, 11) is 0. The average molecular weight is 153 g/mol. The molecule has 1 aliphatic carbocycles. The van der Waals surface area contributed by atoms with E-state index < -0.39 is 0 Å². The fourth-order valence-electron chi connectivity index (χ4n) is 1.04. The lowest BCUT2D eigenvalue weighted by molar-refractivity contribution is 0.517. The monoisotopic (exact) mass is 152 g/mol. The molecule has 0 amide bonds. The first kappa shape index (κ1) is 6.70. The standard InChI is InChI=1S/C6H10Cl2/c7-5-3-1-2-4-6(5)8/h5-6H,1-4H2/t5-,6-/m1/s1. The summed E-state index contributed by atoms with van der Waals surface area (Å²) in [6.07, 6.45) is 4.74. The van der Waals surface area contributed by atoms with Gasteiger partial charge in [-0.25, -0.2) is 0 Å². The van der Waals surface area contributed by atoms with Gasteiger partial charge in [0.15, 0.2) is 0 Å². The van der Waals surface area contributed by atoms with Gasteiger partial charge in [-0.3, -0.25) is 0 Å². The Labute approximate surface area is 60.2 Å². The Kier molecular flexibility index (Phi) is 2.45. The van der Waals surface area contributed by atoms with Gasteiger partial charge in [0.05, 0.1) is 0 Å². The van der Waals surface area contributed by atoms with Gasteiger partial charge in [-0.1, -0.05) is 12.8 Å². The van der Waals surface area contributed by atoms with E-state index in [1.54, 1.807) is 0 Å². The van der Waals surface area contributed by atoms with E-state index in [4.69, 9.17) is 23.2 Å². The summed E-state index contributed by atoms with van der Waals surface area (Å²) >= 11 is 11.7. The van der Waals surface area contributed by atoms with Gasteiger partial charge < -0.3 is 0 Å². The molecule has 1 rings (SSSR count). The van der Waals surface area contributed by atoms with Crippen LogP contribution in [-0.2, 0) is 0 Å². The number of hydrogen-bond donors (Lipinski definition) is 0. The summed E-state index contributed by atoms with van der Waals surface area (Å²) in [5, 5.41) is 0.482. The van der Waals surface area contributed by atoms with Crippen LogP contribution >= 0.6 is 23.2 Å². The van der Waals surface area contributed by atoms with Crippen molar-refractivity contribution in [1.29, 1.82) is 0 Å². The molecule has 0 aromatic carbocycles. The number of rotatable bonds is 0. The molecule has 0 aromatic rings. The summed E-state index contributed by atoms with van der Waals surface area (Å²) in [4.78, 5) is 0. The largest absolute Gasteiger partial charge is 0.121 e. The molecule has 2 atom stereocenters. The maximum Gasteiger partial charge on any atom is 0.0499 e. The highest BCUT2D eigenvalue weighted by Crippen LogP contribution is 2.26. The molecule has 0 radical (unpaired) electrons. The minimum atomic E-state index is 0.241. The zero-order valence-corrected chi connectivity index (χ0v) is 6.25. The second kappa shape index (κ2) is 2.93. The van der Waals surface area contributed by atoms with Crippen molar-refractivity contribution in [3.8, 4) is 0 Å². The Hall–Kier alpha value is 0.580.